The molecule has 0 saturated heterocycles. The molecule has 106 valence electrons. The minimum atomic E-state index is -0.0929. The fourth-order valence-corrected chi connectivity index (χ4v) is 2.22. The van der Waals surface area contributed by atoms with Crippen molar-refractivity contribution in [3.8, 4) is 0 Å². The van der Waals surface area contributed by atoms with E-state index in [1.54, 1.807) is 6.08 Å². The van der Waals surface area contributed by atoms with Crippen LogP contribution in [0.15, 0.2) is 12.7 Å². The summed E-state index contributed by atoms with van der Waals surface area (Å²) in [6, 6.07) is 0. The maximum atomic E-state index is 11.2. The number of ether oxygens (including phenoxy) is 1. The first-order valence-corrected chi connectivity index (χ1v) is 8.26. The van der Waals surface area contributed by atoms with E-state index in [-0.39, 0.29) is 5.97 Å². The van der Waals surface area contributed by atoms with Crippen molar-refractivity contribution in [2.45, 2.75) is 64.2 Å². The molecule has 3 heteroatoms. The average Bonchev–Trinajstić information content (AvgIpc) is 2.38. The van der Waals surface area contributed by atoms with Gasteiger partial charge in [0.15, 0.2) is 0 Å². The van der Waals surface area contributed by atoms with Gasteiger partial charge >= 0.3 is 5.97 Å². The molecule has 0 heterocycles. The molecule has 0 radical (unpaired) electrons. The van der Waals surface area contributed by atoms with Gasteiger partial charge < -0.3 is 4.74 Å². The Morgan fingerprint density at radius 3 is 1.94 bits per heavy atom. The van der Waals surface area contributed by atoms with Gasteiger partial charge in [-0.3, -0.25) is 4.79 Å². The van der Waals surface area contributed by atoms with Crippen LogP contribution in [0.2, 0.25) is 0 Å². The Labute approximate surface area is 120 Å². The fraction of sp³-hybridized carbons (Fsp3) is 0.800. The van der Waals surface area contributed by atoms with Gasteiger partial charge in [-0.2, -0.15) is 0 Å². The third-order valence-electron chi connectivity index (χ3n) is 2.88. The minimum absolute atomic E-state index is 0.0929. The molecule has 0 aliphatic carbocycles. The maximum Gasteiger partial charge on any atom is 0.306 e. The van der Waals surface area contributed by atoms with Crippen LogP contribution in [-0.2, 0) is 9.53 Å². The number of halogens is 1. The summed E-state index contributed by atoms with van der Waals surface area (Å²) < 4.78 is 4.91. The highest BCUT2D eigenvalue weighted by molar-refractivity contribution is 9.09. The summed E-state index contributed by atoms with van der Waals surface area (Å²) in [5.74, 6) is -0.0929. The highest BCUT2D eigenvalue weighted by atomic mass is 79.9. The number of esters is 1. The Morgan fingerprint density at radius 1 is 0.944 bits per heavy atom. The van der Waals surface area contributed by atoms with Crippen LogP contribution in [0.25, 0.3) is 0 Å². The molecule has 2 nitrogen and oxygen atoms in total. The second-order valence-electron chi connectivity index (χ2n) is 4.59. The van der Waals surface area contributed by atoms with Gasteiger partial charge in [0.25, 0.3) is 0 Å². The van der Waals surface area contributed by atoms with Crippen molar-refractivity contribution in [2.75, 3.05) is 11.9 Å². The number of carbonyl (C=O) groups excluding carboxylic acids is 1. The largest absolute Gasteiger partial charge is 0.461 e. The molecule has 18 heavy (non-hydrogen) atoms. The summed E-state index contributed by atoms with van der Waals surface area (Å²) in [4.78, 5) is 11.2. The molecule has 0 aromatic carbocycles. The molecule has 0 rings (SSSR count). The lowest BCUT2D eigenvalue weighted by molar-refractivity contribution is -0.142. The van der Waals surface area contributed by atoms with Crippen molar-refractivity contribution in [1.82, 2.24) is 0 Å². The highest BCUT2D eigenvalue weighted by Crippen LogP contribution is 2.11. The van der Waals surface area contributed by atoms with Crippen LogP contribution in [0.3, 0.4) is 0 Å². The Bertz CT molecular complexity index is 205. The minimum Gasteiger partial charge on any atom is -0.461 e. The van der Waals surface area contributed by atoms with Gasteiger partial charge in [0.2, 0.25) is 0 Å². The topological polar surface area (TPSA) is 26.3 Å². The van der Waals surface area contributed by atoms with E-state index >= 15 is 0 Å². The molecule has 0 aromatic rings. The SMILES string of the molecule is C=CCOC(=O)CCCCCCCCCCCBr. The highest BCUT2D eigenvalue weighted by Gasteiger charge is 2.00. The number of hydrogen-bond acceptors (Lipinski definition) is 2. The maximum absolute atomic E-state index is 11.2. The van der Waals surface area contributed by atoms with E-state index in [2.05, 4.69) is 22.5 Å². The first-order valence-electron chi connectivity index (χ1n) is 7.13. The van der Waals surface area contributed by atoms with E-state index in [1.165, 1.54) is 44.9 Å². The Hall–Kier alpha value is -0.310. The lowest BCUT2D eigenvalue weighted by Crippen LogP contribution is -2.03. The van der Waals surface area contributed by atoms with Crippen LogP contribution < -0.4 is 0 Å². The second kappa shape index (κ2) is 14.7. The monoisotopic (exact) mass is 318 g/mol. The molecule has 0 saturated carbocycles. The van der Waals surface area contributed by atoms with E-state index < -0.39 is 0 Å². The summed E-state index contributed by atoms with van der Waals surface area (Å²) in [6.07, 6.45) is 13.5. The van der Waals surface area contributed by atoms with Crippen LogP contribution >= 0.6 is 15.9 Å². The quantitative estimate of drug-likeness (QED) is 0.206. The van der Waals surface area contributed by atoms with Crippen molar-refractivity contribution < 1.29 is 9.53 Å². The van der Waals surface area contributed by atoms with Gasteiger partial charge in [-0.1, -0.05) is 73.5 Å². The smallest absolute Gasteiger partial charge is 0.306 e. The van der Waals surface area contributed by atoms with Crippen LogP contribution in [0.5, 0.6) is 0 Å². The molecule has 0 N–H and O–H groups in total. The van der Waals surface area contributed by atoms with Gasteiger partial charge in [0.1, 0.15) is 6.61 Å². The molecule has 0 aliphatic heterocycles. The zero-order valence-electron chi connectivity index (χ0n) is 11.5. The van der Waals surface area contributed by atoms with Crippen molar-refractivity contribution in [1.29, 1.82) is 0 Å². The van der Waals surface area contributed by atoms with Crippen LogP contribution in [0, 0.1) is 0 Å². The second-order valence-corrected chi connectivity index (χ2v) is 5.39. The number of unbranched alkanes of at least 4 members (excludes halogenated alkanes) is 8. The van der Waals surface area contributed by atoms with Gasteiger partial charge in [0, 0.05) is 11.8 Å². The zero-order valence-corrected chi connectivity index (χ0v) is 13.1. The fourth-order valence-electron chi connectivity index (χ4n) is 1.83. The lowest BCUT2D eigenvalue weighted by Gasteiger charge is -2.03. The van der Waals surface area contributed by atoms with Crippen molar-refractivity contribution >= 4 is 21.9 Å². The van der Waals surface area contributed by atoms with Crippen molar-refractivity contribution in [3.63, 3.8) is 0 Å². The summed E-state index contributed by atoms with van der Waals surface area (Å²) in [6.45, 7) is 3.85. The number of alkyl halides is 1. The summed E-state index contributed by atoms with van der Waals surface area (Å²) in [7, 11) is 0. The molecule has 0 fully saturated rings. The van der Waals surface area contributed by atoms with E-state index in [1.807, 2.05) is 0 Å². The molecule has 0 aliphatic rings. The van der Waals surface area contributed by atoms with Crippen LogP contribution in [-0.4, -0.2) is 17.9 Å². The first-order chi connectivity index (χ1) is 8.81. The Balaban J connectivity index is 3.06. The van der Waals surface area contributed by atoms with E-state index in [0.717, 1.165) is 18.2 Å². The standard InChI is InChI=1S/C15H27BrO2/c1-2-14-18-15(17)12-10-8-6-4-3-5-7-9-11-13-16/h2H,1,3-14H2. The van der Waals surface area contributed by atoms with E-state index in [0.29, 0.717) is 13.0 Å². The molecule has 0 spiro atoms. The molecular weight excluding hydrogens is 292 g/mol. The predicted molar refractivity (Wildman–Crippen MR) is 81.1 cm³/mol. The summed E-state index contributed by atoms with van der Waals surface area (Å²) >= 11 is 3.44. The van der Waals surface area contributed by atoms with Crippen LogP contribution in [0.1, 0.15) is 64.2 Å². The summed E-state index contributed by atoms with van der Waals surface area (Å²) in [5, 5.41) is 1.13. The molecule has 0 unspecified atom stereocenters. The van der Waals surface area contributed by atoms with E-state index in [9.17, 15) is 4.79 Å². The number of hydrogen-bond donors (Lipinski definition) is 0. The van der Waals surface area contributed by atoms with Gasteiger partial charge in [-0.25, -0.2) is 0 Å². The van der Waals surface area contributed by atoms with Crippen molar-refractivity contribution in [2.24, 2.45) is 0 Å². The first kappa shape index (κ1) is 17.7. The van der Waals surface area contributed by atoms with Gasteiger partial charge in [0.05, 0.1) is 0 Å². The molecule has 0 atom stereocenters. The molecule has 0 amide bonds. The third kappa shape index (κ3) is 13.8. The number of rotatable bonds is 13. The van der Waals surface area contributed by atoms with Crippen molar-refractivity contribution in [3.05, 3.63) is 12.7 Å². The number of carbonyl (C=O) groups is 1. The third-order valence-corrected chi connectivity index (χ3v) is 3.44. The van der Waals surface area contributed by atoms with Crippen LogP contribution in [0.4, 0.5) is 0 Å². The van der Waals surface area contributed by atoms with E-state index in [4.69, 9.17) is 4.74 Å². The predicted octanol–water partition coefficient (Wildman–Crippen LogP) is 5.01. The molecule has 0 bridgehead atoms. The average molecular weight is 319 g/mol. The zero-order chi connectivity index (χ0) is 13.5. The molecular formula is C15H27BrO2. The Kier molecular flexibility index (Phi) is 14.5. The molecule has 0 aromatic heterocycles. The van der Waals surface area contributed by atoms with Gasteiger partial charge in [-0.15, -0.1) is 0 Å². The normalized spacial score (nSPS) is 10.3. The van der Waals surface area contributed by atoms with Gasteiger partial charge in [-0.05, 0) is 12.8 Å². The Morgan fingerprint density at radius 2 is 1.44 bits per heavy atom. The lowest BCUT2D eigenvalue weighted by atomic mass is 10.1. The summed E-state index contributed by atoms with van der Waals surface area (Å²) in [5.41, 5.74) is 0.